The molecular formula is C27H34N4O5. The van der Waals surface area contributed by atoms with E-state index in [4.69, 9.17) is 4.74 Å². The second-order valence-corrected chi connectivity index (χ2v) is 8.99. The van der Waals surface area contributed by atoms with Gasteiger partial charge in [-0.05, 0) is 49.2 Å². The molecular weight excluding hydrogens is 460 g/mol. The van der Waals surface area contributed by atoms with Crippen LogP contribution in [0, 0.1) is 5.92 Å². The van der Waals surface area contributed by atoms with E-state index in [2.05, 4.69) is 10.6 Å². The molecule has 1 unspecified atom stereocenters. The van der Waals surface area contributed by atoms with Crippen molar-refractivity contribution in [2.75, 3.05) is 43.0 Å². The van der Waals surface area contributed by atoms with E-state index in [0.29, 0.717) is 30.9 Å². The minimum atomic E-state index is -0.897. The molecule has 2 aromatic carbocycles. The van der Waals surface area contributed by atoms with Gasteiger partial charge in [-0.3, -0.25) is 19.2 Å². The van der Waals surface area contributed by atoms with Gasteiger partial charge in [0, 0.05) is 36.6 Å². The average Bonchev–Trinajstić information content (AvgIpc) is 2.88. The van der Waals surface area contributed by atoms with Gasteiger partial charge in [0.1, 0.15) is 6.04 Å². The van der Waals surface area contributed by atoms with Gasteiger partial charge in [0.05, 0.1) is 19.6 Å². The Labute approximate surface area is 211 Å². The highest BCUT2D eigenvalue weighted by Crippen LogP contribution is 2.18. The van der Waals surface area contributed by atoms with Crippen molar-refractivity contribution in [3.63, 3.8) is 0 Å². The minimum absolute atomic E-state index is 0.0524. The largest absolute Gasteiger partial charge is 0.465 e. The Bertz CT molecular complexity index is 1060. The van der Waals surface area contributed by atoms with Crippen LogP contribution in [0.4, 0.5) is 11.4 Å². The van der Waals surface area contributed by atoms with Crippen molar-refractivity contribution in [2.24, 2.45) is 5.92 Å². The summed E-state index contributed by atoms with van der Waals surface area (Å²) < 4.78 is 5.19. The maximum atomic E-state index is 13.0. The third-order valence-corrected chi connectivity index (χ3v) is 5.79. The lowest BCUT2D eigenvalue weighted by atomic mass is 10.1. The average molecular weight is 495 g/mol. The Hall–Kier alpha value is -3.88. The summed E-state index contributed by atoms with van der Waals surface area (Å²) >= 11 is 0. The smallest absolute Gasteiger partial charge is 0.308 e. The zero-order valence-electron chi connectivity index (χ0n) is 21.0. The Morgan fingerprint density at radius 1 is 1.11 bits per heavy atom. The molecule has 0 bridgehead atoms. The number of carbonyl (C=O) groups excluding carboxylic acids is 4. The van der Waals surface area contributed by atoms with Crippen LogP contribution in [0.3, 0.4) is 0 Å². The molecule has 36 heavy (non-hydrogen) atoms. The number of carbonyl (C=O) groups is 4. The van der Waals surface area contributed by atoms with E-state index in [1.54, 1.807) is 29.2 Å². The highest BCUT2D eigenvalue weighted by atomic mass is 16.5. The van der Waals surface area contributed by atoms with Gasteiger partial charge >= 0.3 is 5.97 Å². The number of hydrogen-bond donors (Lipinski definition) is 2. The molecule has 0 spiro atoms. The first-order chi connectivity index (χ1) is 17.3. The van der Waals surface area contributed by atoms with Crippen LogP contribution >= 0.6 is 0 Å². The molecule has 1 heterocycles. The maximum Gasteiger partial charge on any atom is 0.308 e. The van der Waals surface area contributed by atoms with Gasteiger partial charge in [-0.1, -0.05) is 32.0 Å². The molecule has 9 heteroatoms. The van der Waals surface area contributed by atoms with Crippen LogP contribution in [0.5, 0.6) is 0 Å². The summed E-state index contributed by atoms with van der Waals surface area (Å²) in [5.41, 5.74) is 2.02. The molecule has 1 aliphatic heterocycles. The molecule has 3 amide bonds. The van der Waals surface area contributed by atoms with Gasteiger partial charge in [0.25, 0.3) is 5.91 Å². The van der Waals surface area contributed by atoms with Crippen LogP contribution in [0.1, 0.15) is 37.6 Å². The summed E-state index contributed by atoms with van der Waals surface area (Å²) in [6.07, 6.45) is -0.184. The fourth-order valence-electron chi connectivity index (χ4n) is 3.91. The first kappa shape index (κ1) is 26.7. The highest BCUT2D eigenvalue weighted by Gasteiger charge is 2.35. The van der Waals surface area contributed by atoms with Gasteiger partial charge in [-0.2, -0.15) is 0 Å². The van der Waals surface area contributed by atoms with Crippen LogP contribution in [-0.4, -0.2) is 67.4 Å². The Morgan fingerprint density at radius 3 is 2.44 bits per heavy atom. The summed E-state index contributed by atoms with van der Waals surface area (Å²) in [5.74, 6) is -1.10. The van der Waals surface area contributed by atoms with Crippen LogP contribution in [0.25, 0.3) is 0 Å². The van der Waals surface area contributed by atoms with E-state index in [9.17, 15) is 19.2 Å². The topological polar surface area (TPSA) is 108 Å². The molecule has 0 radical (unpaired) electrons. The number of benzene rings is 2. The van der Waals surface area contributed by atoms with Crippen LogP contribution < -0.4 is 15.5 Å². The monoisotopic (exact) mass is 494 g/mol. The first-order valence-corrected chi connectivity index (χ1v) is 12.2. The van der Waals surface area contributed by atoms with Crippen LogP contribution in [-0.2, 0) is 19.1 Å². The summed E-state index contributed by atoms with van der Waals surface area (Å²) in [5, 5.41) is 5.75. The van der Waals surface area contributed by atoms with Crippen molar-refractivity contribution in [1.29, 1.82) is 0 Å². The number of nitrogens with one attached hydrogen (secondary N) is 2. The number of nitrogens with zero attached hydrogens (tertiary/aromatic N) is 2. The number of piperazine rings is 1. The lowest BCUT2D eigenvalue weighted by molar-refractivity contribution is -0.152. The minimum Gasteiger partial charge on any atom is -0.465 e. The molecule has 9 nitrogen and oxygen atoms in total. The normalized spacial score (nSPS) is 15.3. The zero-order chi connectivity index (χ0) is 26.1. The van der Waals surface area contributed by atoms with Gasteiger partial charge < -0.3 is 25.2 Å². The Kier molecular flexibility index (Phi) is 9.44. The van der Waals surface area contributed by atoms with Gasteiger partial charge in [-0.15, -0.1) is 0 Å². The number of rotatable bonds is 10. The Balaban J connectivity index is 1.59. The molecule has 0 aliphatic carbocycles. The quantitative estimate of drug-likeness (QED) is 0.492. The van der Waals surface area contributed by atoms with E-state index in [1.807, 2.05) is 51.1 Å². The summed E-state index contributed by atoms with van der Waals surface area (Å²) in [6, 6.07) is 15.5. The van der Waals surface area contributed by atoms with E-state index in [1.165, 1.54) is 4.90 Å². The number of anilines is 2. The highest BCUT2D eigenvalue weighted by molar-refractivity contribution is 6.06. The molecule has 3 rings (SSSR count). The van der Waals surface area contributed by atoms with Crippen molar-refractivity contribution >= 4 is 35.1 Å². The standard InChI is InChI=1S/C27H34N4O5/c1-4-30(22-8-6-5-7-9-22)27(35)20-10-12-21(13-11-20)29-17-24(32)31-15-14-28-26(34)23(31)16-25(33)36-18-19(2)3/h5-13,19,23,29H,4,14-18H2,1-3H3,(H,28,34). The second-order valence-electron chi connectivity index (χ2n) is 8.99. The first-order valence-electron chi connectivity index (χ1n) is 12.2. The van der Waals surface area contributed by atoms with E-state index in [0.717, 1.165) is 5.69 Å². The molecule has 2 aromatic rings. The lowest BCUT2D eigenvalue weighted by Gasteiger charge is -2.34. The molecule has 2 N–H and O–H groups in total. The van der Waals surface area contributed by atoms with Crippen molar-refractivity contribution in [3.05, 3.63) is 60.2 Å². The molecule has 1 atom stereocenters. The van der Waals surface area contributed by atoms with Crippen LogP contribution in [0.15, 0.2) is 54.6 Å². The summed E-state index contributed by atoms with van der Waals surface area (Å²) in [6.45, 7) is 7.16. The van der Waals surface area contributed by atoms with Gasteiger partial charge in [0.15, 0.2) is 0 Å². The fourth-order valence-corrected chi connectivity index (χ4v) is 3.91. The number of para-hydroxylation sites is 1. The van der Waals surface area contributed by atoms with E-state index >= 15 is 0 Å². The van der Waals surface area contributed by atoms with Crippen LogP contribution in [0.2, 0.25) is 0 Å². The molecule has 1 saturated heterocycles. The van der Waals surface area contributed by atoms with Gasteiger partial charge in [0.2, 0.25) is 11.8 Å². The zero-order valence-corrected chi connectivity index (χ0v) is 21.0. The number of amides is 3. The summed E-state index contributed by atoms with van der Waals surface area (Å²) in [7, 11) is 0. The van der Waals surface area contributed by atoms with Gasteiger partial charge in [-0.25, -0.2) is 0 Å². The number of esters is 1. The van der Waals surface area contributed by atoms with Crippen molar-refractivity contribution in [3.8, 4) is 0 Å². The number of ether oxygens (including phenoxy) is 1. The molecule has 0 saturated carbocycles. The fraction of sp³-hybridized carbons (Fsp3) is 0.407. The maximum absolute atomic E-state index is 13.0. The van der Waals surface area contributed by atoms with Crippen molar-refractivity contribution in [1.82, 2.24) is 10.2 Å². The summed E-state index contributed by atoms with van der Waals surface area (Å²) in [4.78, 5) is 53.5. The predicted octanol–water partition coefficient (Wildman–Crippen LogP) is 2.68. The Morgan fingerprint density at radius 2 is 1.81 bits per heavy atom. The SMILES string of the molecule is CCN(C(=O)c1ccc(NCC(=O)N2CCNC(=O)C2CC(=O)OCC(C)C)cc1)c1ccccc1. The molecule has 0 aromatic heterocycles. The lowest BCUT2D eigenvalue weighted by Crippen LogP contribution is -2.58. The predicted molar refractivity (Wildman–Crippen MR) is 138 cm³/mol. The van der Waals surface area contributed by atoms with E-state index in [-0.39, 0.29) is 43.2 Å². The van der Waals surface area contributed by atoms with E-state index < -0.39 is 12.0 Å². The third-order valence-electron chi connectivity index (χ3n) is 5.79. The van der Waals surface area contributed by atoms with Crippen molar-refractivity contribution in [2.45, 2.75) is 33.2 Å². The molecule has 192 valence electrons. The van der Waals surface area contributed by atoms with Crippen molar-refractivity contribution < 1.29 is 23.9 Å². The molecule has 1 fully saturated rings. The second kappa shape index (κ2) is 12.7. The number of hydrogen-bond acceptors (Lipinski definition) is 6. The molecule has 1 aliphatic rings. The third kappa shape index (κ3) is 7.07.